The molecule has 0 fully saturated rings. The Labute approximate surface area is 137 Å². The molecule has 2 rings (SSSR count). The van der Waals surface area contributed by atoms with E-state index in [0.717, 1.165) is 15.6 Å². The molecule has 0 spiro atoms. The first kappa shape index (κ1) is 16.2. The van der Waals surface area contributed by atoms with Crippen LogP contribution in [0.2, 0.25) is 0 Å². The molecule has 0 radical (unpaired) electrons. The van der Waals surface area contributed by atoms with Gasteiger partial charge in [0.15, 0.2) is 0 Å². The lowest BCUT2D eigenvalue weighted by Crippen LogP contribution is -2.37. The Morgan fingerprint density at radius 2 is 1.77 bits per heavy atom. The smallest absolute Gasteiger partial charge is 0.408 e. The summed E-state index contributed by atoms with van der Waals surface area (Å²) in [6.45, 7) is 0.177. The van der Waals surface area contributed by atoms with E-state index in [2.05, 4.69) is 21.2 Å². The average molecular weight is 362 g/mol. The summed E-state index contributed by atoms with van der Waals surface area (Å²) in [6, 6.07) is 16.4. The number of amides is 1. The second-order valence-electron chi connectivity index (χ2n) is 4.78. The topological polar surface area (TPSA) is 55.4 Å². The largest absolute Gasteiger partial charge is 0.445 e. The molecule has 0 aliphatic carbocycles. The molecule has 0 saturated heterocycles. The Morgan fingerprint density at radius 3 is 2.41 bits per heavy atom. The SMILES string of the molecule is O=C[C@H](Cc1ccc(Br)cc1)NC(=O)OCc1ccccc1. The molecule has 0 aromatic heterocycles. The fourth-order valence-corrected chi connectivity index (χ4v) is 2.19. The van der Waals surface area contributed by atoms with Crippen molar-refractivity contribution in [3.63, 3.8) is 0 Å². The first-order valence-electron chi connectivity index (χ1n) is 6.84. The summed E-state index contributed by atoms with van der Waals surface area (Å²) in [6.07, 6.45) is 0.543. The number of nitrogens with one attached hydrogen (secondary N) is 1. The number of hydrogen-bond acceptors (Lipinski definition) is 3. The number of benzene rings is 2. The van der Waals surface area contributed by atoms with Crippen LogP contribution in [-0.2, 0) is 22.6 Å². The molecular weight excluding hydrogens is 346 g/mol. The highest BCUT2D eigenvalue weighted by Gasteiger charge is 2.13. The molecular formula is C17H16BrNO3. The Kier molecular flexibility index (Phi) is 6.15. The fourth-order valence-electron chi connectivity index (χ4n) is 1.92. The first-order valence-corrected chi connectivity index (χ1v) is 7.63. The third kappa shape index (κ3) is 5.33. The van der Waals surface area contributed by atoms with Crippen LogP contribution in [0.3, 0.4) is 0 Å². The highest BCUT2D eigenvalue weighted by molar-refractivity contribution is 9.10. The molecule has 1 N–H and O–H groups in total. The lowest BCUT2D eigenvalue weighted by atomic mass is 10.1. The second-order valence-corrected chi connectivity index (χ2v) is 5.69. The van der Waals surface area contributed by atoms with Crippen molar-refractivity contribution in [2.45, 2.75) is 19.1 Å². The maximum atomic E-state index is 11.7. The van der Waals surface area contributed by atoms with Crippen molar-refractivity contribution in [1.82, 2.24) is 5.32 Å². The van der Waals surface area contributed by atoms with Crippen molar-refractivity contribution < 1.29 is 14.3 Å². The van der Waals surface area contributed by atoms with Crippen LogP contribution in [0.4, 0.5) is 4.79 Å². The molecule has 1 amide bonds. The lowest BCUT2D eigenvalue weighted by molar-refractivity contribution is -0.109. The van der Waals surface area contributed by atoms with E-state index in [1.165, 1.54) is 0 Å². The Balaban J connectivity index is 1.83. The van der Waals surface area contributed by atoms with Gasteiger partial charge in [0.05, 0.1) is 6.04 Å². The van der Waals surface area contributed by atoms with Gasteiger partial charge in [0.1, 0.15) is 12.9 Å². The van der Waals surface area contributed by atoms with Crippen LogP contribution < -0.4 is 5.32 Å². The van der Waals surface area contributed by atoms with Gasteiger partial charge in [-0.2, -0.15) is 0 Å². The minimum Gasteiger partial charge on any atom is -0.445 e. The van der Waals surface area contributed by atoms with Gasteiger partial charge in [0.2, 0.25) is 0 Å². The van der Waals surface area contributed by atoms with E-state index in [0.29, 0.717) is 12.7 Å². The molecule has 1 atom stereocenters. The van der Waals surface area contributed by atoms with E-state index in [1.54, 1.807) is 0 Å². The van der Waals surface area contributed by atoms with E-state index < -0.39 is 12.1 Å². The first-order chi connectivity index (χ1) is 10.7. The molecule has 2 aromatic carbocycles. The molecule has 4 nitrogen and oxygen atoms in total. The molecule has 0 unspecified atom stereocenters. The highest BCUT2D eigenvalue weighted by atomic mass is 79.9. The van der Waals surface area contributed by atoms with Gasteiger partial charge in [-0.15, -0.1) is 0 Å². The van der Waals surface area contributed by atoms with Crippen molar-refractivity contribution in [3.8, 4) is 0 Å². The van der Waals surface area contributed by atoms with Crippen LogP contribution in [0.15, 0.2) is 59.1 Å². The Hall–Kier alpha value is -2.14. The van der Waals surface area contributed by atoms with Gasteiger partial charge in [-0.3, -0.25) is 0 Å². The summed E-state index contributed by atoms with van der Waals surface area (Å²) in [4.78, 5) is 22.8. The predicted molar refractivity (Wildman–Crippen MR) is 87.5 cm³/mol. The average Bonchev–Trinajstić information content (AvgIpc) is 2.55. The van der Waals surface area contributed by atoms with Crippen LogP contribution >= 0.6 is 15.9 Å². The van der Waals surface area contributed by atoms with Crippen LogP contribution in [0, 0.1) is 0 Å². The number of hydrogen-bond donors (Lipinski definition) is 1. The zero-order chi connectivity index (χ0) is 15.8. The third-order valence-electron chi connectivity index (χ3n) is 3.05. The monoisotopic (exact) mass is 361 g/mol. The van der Waals surface area contributed by atoms with Crippen molar-refractivity contribution >= 4 is 28.3 Å². The normalized spacial score (nSPS) is 11.5. The van der Waals surface area contributed by atoms with Gasteiger partial charge in [0, 0.05) is 4.47 Å². The molecule has 0 heterocycles. The molecule has 5 heteroatoms. The molecule has 0 aliphatic rings. The van der Waals surface area contributed by atoms with Gasteiger partial charge in [0.25, 0.3) is 0 Å². The van der Waals surface area contributed by atoms with Gasteiger partial charge < -0.3 is 14.8 Å². The standard InChI is InChI=1S/C17H16BrNO3/c18-15-8-6-13(7-9-15)10-16(11-20)19-17(21)22-12-14-4-2-1-3-5-14/h1-9,11,16H,10,12H2,(H,19,21)/t16-/m0/s1. The molecule has 0 bridgehead atoms. The van der Waals surface area contributed by atoms with Crippen molar-refractivity contribution in [3.05, 3.63) is 70.2 Å². The number of carbonyl (C=O) groups is 2. The van der Waals surface area contributed by atoms with Gasteiger partial charge in [-0.05, 0) is 29.7 Å². The number of halogens is 1. The maximum Gasteiger partial charge on any atom is 0.408 e. The van der Waals surface area contributed by atoms with Crippen LogP contribution in [-0.4, -0.2) is 18.4 Å². The molecule has 22 heavy (non-hydrogen) atoms. The number of alkyl carbamates (subject to hydrolysis) is 1. The van der Waals surface area contributed by atoms with Crippen LogP contribution in [0.1, 0.15) is 11.1 Å². The summed E-state index contributed by atoms with van der Waals surface area (Å²) in [7, 11) is 0. The Morgan fingerprint density at radius 1 is 1.09 bits per heavy atom. The van der Waals surface area contributed by atoms with Crippen molar-refractivity contribution in [2.24, 2.45) is 0 Å². The Bertz CT molecular complexity index is 614. The summed E-state index contributed by atoms with van der Waals surface area (Å²) < 4.78 is 6.07. The van der Waals surface area contributed by atoms with Crippen LogP contribution in [0.25, 0.3) is 0 Å². The minimum atomic E-state index is -0.607. The molecule has 0 aliphatic heterocycles. The third-order valence-corrected chi connectivity index (χ3v) is 3.58. The van der Waals surface area contributed by atoms with E-state index in [-0.39, 0.29) is 6.61 Å². The van der Waals surface area contributed by atoms with Crippen molar-refractivity contribution in [1.29, 1.82) is 0 Å². The predicted octanol–water partition coefficient (Wildman–Crippen LogP) is 3.49. The summed E-state index contributed by atoms with van der Waals surface area (Å²) in [5.74, 6) is 0. The number of aldehydes is 1. The summed E-state index contributed by atoms with van der Waals surface area (Å²) >= 11 is 3.35. The summed E-state index contributed by atoms with van der Waals surface area (Å²) in [5, 5.41) is 2.56. The molecule has 114 valence electrons. The van der Waals surface area contributed by atoms with Gasteiger partial charge >= 0.3 is 6.09 Å². The van der Waals surface area contributed by atoms with Crippen LogP contribution in [0.5, 0.6) is 0 Å². The lowest BCUT2D eigenvalue weighted by Gasteiger charge is -2.13. The van der Waals surface area contributed by atoms with E-state index in [9.17, 15) is 9.59 Å². The highest BCUT2D eigenvalue weighted by Crippen LogP contribution is 2.11. The zero-order valence-electron chi connectivity index (χ0n) is 11.9. The quantitative estimate of drug-likeness (QED) is 0.801. The fraction of sp³-hybridized carbons (Fsp3) is 0.176. The van der Waals surface area contributed by atoms with E-state index in [1.807, 2.05) is 54.6 Å². The number of ether oxygens (including phenoxy) is 1. The van der Waals surface area contributed by atoms with Gasteiger partial charge in [-0.25, -0.2) is 4.79 Å². The zero-order valence-corrected chi connectivity index (χ0v) is 13.5. The van der Waals surface area contributed by atoms with E-state index in [4.69, 9.17) is 4.74 Å². The minimum absolute atomic E-state index is 0.177. The molecule has 2 aromatic rings. The maximum absolute atomic E-state index is 11.7. The summed E-state index contributed by atoms with van der Waals surface area (Å²) in [5.41, 5.74) is 1.86. The van der Waals surface area contributed by atoms with Crippen molar-refractivity contribution in [2.75, 3.05) is 0 Å². The van der Waals surface area contributed by atoms with Gasteiger partial charge in [-0.1, -0.05) is 58.4 Å². The number of rotatable bonds is 6. The second kappa shape index (κ2) is 8.34. The van der Waals surface area contributed by atoms with E-state index >= 15 is 0 Å². The molecule has 0 saturated carbocycles. The number of carbonyl (C=O) groups excluding carboxylic acids is 2.